The van der Waals surface area contributed by atoms with Gasteiger partial charge in [-0.15, -0.1) is 0 Å². The number of alkyl halides is 3. The number of nitrogens with zero attached hydrogens (tertiary/aromatic N) is 1. The SMILES string of the molecule is O=C(CN1C(=O)NC2(CCCc3ccccc32)C1=O)Nc1ccccc1C(F)(F)F. The summed E-state index contributed by atoms with van der Waals surface area (Å²) in [6, 6.07) is 11.1. The Morgan fingerprint density at radius 2 is 1.80 bits per heavy atom. The third-order valence-electron chi connectivity index (χ3n) is 5.46. The number of fused-ring (bicyclic) bond motifs is 2. The average Bonchev–Trinajstić information content (AvgIpc) is 2.93. The normalized spacial score (nSPS) is 20.8. The van der Waals surface area contributed by atoms with Gasteiger partial charge in [0.05, 0.1) is 11.3 Å². The van der Waals surface area contributed by atoms with Gasteiger partial charge in [-0.25, -0.2) is 4.79 Å². The molecule has 2 aromatic rings. The molecule has 2 aliphatic rings. The Kier molecular flexibility index (Phi) is 4.76. The van der Waals surface area contributed by atoms with Crippen LogP contribution in [0.3, 0.4) is 0 Å². The highest BCUT2D eigenvalue weighted by Crippen LogP contribution is 2.40. The molecule has 0 saturated carbocycles. The zero-order valence-corrected chi connectivity index (χ0v) is 15.8. The van der Waals surface area contributed by atoms with Crippen LogP contribution in [0.4, 0.5) is 23.7 Å². The highest BCUT2D eigenvalue weighted by molar-refractivity contribution is 6.10. The summed E-state index contributed by atoms with van der Waals surface area (Å²) in [6.45, 7) is -0.680. The van der Waals surface area contributed by atoms with Gasteiger partial charge in [0.25, 0.3) is 5.91 Å². The van der Waals surface area contributed by atoms with Crippen molar-refractivity contribution in [1.82, 2.24) is 10.2 Å². The fraction of sp³-hybridized carbons (Fsp3) is 0.286. The molecule has 2 N–H and O–H groups in total. The molecule has 1 aliphatic carbocycles. The first kappa shape index (κ1) is 19.9. The second-order valence-electron chi connectivity index (χ2n) is 7.33. The second-order valence-corrected chi connectivity index (χ2v) is 7.33. The number of aryl methyl sites for hydroxylation is 1. The third kappa shape index (κ3) is 3.30. The second kappa shape index (κ2) is 7.16. The van der Waals surface area contributed by atoms with E-state index < -0.39 is 47.4 Å². The number of anilines is 1. The number of carbonyl (C=O) groups is 3. The predicted molar refractivity (Wildman–Crippen MR) is 101 cm³/mol. The van der Waals surface area contributed by atoms with E-state index in [0.29, 0.717) is 18.4 Å². The Balaban J connectivity index is 1.55. The van der Waals surface area contributed by atoms with Crippen LogP contribution < -0.4 is 10.6 Å². The van der Waals surface area contributed by atoms with Gasteiger partial charge in [0.1, 0.15) is 12.1 Å². The van der Waals surface area contributed by atoms with Crippen LogP contribution in [0.25, 0.3) is 0 Å². The molecule has 4 rings (SSSR count). The molecule has 1 atom stereocenters. The Labute approximate surface area is 170 Å². The van der Waals surface area contributed by atoms with Gasteiger partial charge in [0.2, 0.25) is 5.91 Å². The summed E-state index contributed by atoms with van der Waals surface area (Å²) >= 11 is 0. The van der Waals surface area contributed by atoms with Gasteiger partial charge in [-0.3, -0.25) is 14.5 Å². The van der Waals surface area contributed by atoms with Gasteiger partial charge in [0.15, 0.2) is 0 Å². The van der Waals surface area contributed by atoms with Crippen molar-refractivity contribution in [3.63, 3.8) is 0 Å². The van der Waals surface area contributed by atoms with Gasteiger partial charge >= 0.3 is 12.2 Å². The lowest BCUT2D eigenvalue weighted by Gasteiger charge is -2.33. The molecule has 0 radical (unpaired) electrons. The van der Waals surface area contributed by atoms with Crippen molar-refractivity contribution in [2.45, 2.75) is 31.0 Å². The summed E-state index contributed by atoms with van der Waals surface area (Å²) in [5.74, 6) is -1.46. The maximum Gasteiger partial charge on any atom is 0.418 e. The molecule has 1 spiro atoms. The molecule has 30 heavy (non-hydrogen) atoms. The number of amides is 4. The number of hydrogen-bond donors (Lipinski definition) is 2. The highest BCUT2D eigenvalue weighted by Gasteiger charge is 2.54. The van der Waals surface area contributed by atoms with E-state index >= 15 is 0 Å². The minimum absolute atomic E-state index is 0.392. The number of imide groups is 1. The Morgan fingerprint density at radius 3 is 2.57 bits per heavy atom. The van der Waals surface area contributed by atoms with E-state index in [1.807, 2.05) is 12.1 Å². The Hall–Kier alpha value is -3.36. The molecule has 1 heterocycles. The van der Waals surface area contributed by atoms with Crippen LogP contribution in [0.15, 0.2) is 48.5 Å². The standard InChI is InChI=1S/C21H18F3N3O3/c22-21(23,24)15-9-3-4-10-16(15)25-17(28)12-27-18(29)20(26-19(27)30)11-5-7-13-6-1-2-8-14(13)20/h1-4,6,8-10H,5,7,11-12H2,(H,25,28)(H,26,30). The smallest absolute Gasteiger partial charge is 0.324 e. The van der Waals surface area contributed by atoms with E-state index in [1.165, 1.54) is 12.1 Å². The maximum absolute atomic E-state index is 13.2. The summed E-state index contributed by atoms with van der Waals surface area (Å²) in [5, 5.41) is 4.87. The van der Waals surface area contributed by atoms with Crippen LogP contribution >= 0.6 is 0 Å². The first-order valence-corrected chi connectivity index (χ1v) is 9.41. The van der Waals surface area contributed by atoms with Crippen molar-refractivity contribution < 1.29 is 27.6 Å². The largest absolute Gasteiger partial charge is 0.418 e. The van der Waals surface area contributed by atoms with Crippen LogP contribution in [-0.2, 0) is 27.7 Å². The molecule has 1 unspecified atom stereocenters. The lowest BCUT2D eigenvalue weighted by atomic mass is 9.76. The minimum atomic E-state index is -4.65. The third-order valence-corrected chi connectivity index (χ3v) is 5.46. The highest BCUT2D eigenvalue weighted by atomic mass is 19.4. The molecule has 2 aromatic carbocycles. The van der Waals surface area contributed by atoms with E-state index in [0.717, 1.165) is 29.0 Å². The lowest BCUT2D eigenvalue weighted by Crippen LogP contribution is -2.47. The number of para-hydroxylation sites is 1. The number of carbonyl (C=O) groups excluding carboxylic acids is 3. The van der Waals surface area contributed by atoms with Crippen LogP contribution in [-0.4, -0.2) is 29.3 Å². The van der Waals surface area contributed by atoms with E-state index in [9.17, 15) is 27.6 Å². The lowest BCUT2D eigenvalue weighted by molar-refractivity contribution is -0.137. The van der Waals surface area contributed by atoms with Gasteiger partial charge in [-0.05, 0) is 42.5 Å². The first-order valence-electron chi connectivity index (χ1n) is 9.41. The zero-order valence-electron chi connectivity index (χ0n) is 15.8. The average molecular weight is 417 g/mol. The topological polar surface area (TPSA) is 78.5 Å². The number of hydrogen-bond acceptors (Lipinski definition) is 3. The van der Waals surface area contributed by atoms with E-state index in [4.69, 9.17) is 0 Å². The Bertz CT molecular complexity index is 1040. The van der Waals surface area contributed by atoms with Crippen LogP contribution in [0.2, 0.25) is 0 Å². The minimum Gasteiger partial charge on any atom is -0.324 e. The van der Waals surface area contributed by atoms with Crippen molar-refractivity contribution in [3.8, 4) is 0 Å². The van der Waals surface area contributed by atoms with Crippen LogP contribution in [0.5, 0.6) is 0 Å². The number of nitrogens with one attached hydrogen (secondary N) is 2. The molecule has 6 nitrogen and oxygen atoms in total. The summed E-state index contributed by atoms with van der Waals surface area (Å²) in [5.41, 5.74) is -1.04. The molecule has 0 aromatic heterocycles. The molecule has 4 amide bonds. The summed E-state index contributed by atoms with van der Waals surface area (Å²) in [4.78, 5) is 38.8. The molecule has 156 valence electrons. The monoisotopic (exact) mass is 417 g/mol. The quantitative estimate of drug-likeness (QED) is 0.752. The van der Waals surface area contributed by atoms with Crippen molar-refractivity contribution in [3.05, 3.63) is 65.2 Å². The molecule has 9 heteroatoms. The van der Waals surface area contributed by atoms with Gasteiger partial charge in [-0.1, -0.05) is 36.4 Å². The zero-order chi connectivity index (χ0) is 21.5. The fourth-order valence-electron chi connectivity index (χ4n) is 4.13. The Morgan fingerprint density at radius 1 is 1.10 bits per heavy atom. The number of benzene rings is 2. The van der Waals surface area contributed by atoms with Gasteiger partial charge < -0.3 is 10.6 Å². The van der Waals surface area contributed by atoms with Crippen molar-refractivity contribution in [2.24, 2.45) is 0 Å². The number of rotatable bonds is 3. The summed E-state index contributed by atoms with van der Waals surface area (Å²) in [7, 11) is 0. The molecule has 0 bridgehead atoms. The fourth-order valence-corrected chi connectivity index (χ4v) is 4.13. The van der Waals surface area contributed by atoms with Crippen LogP contribution in [0, 0.1) is 0 Å². The molecular weight excluding hydrogens is 399 g/mol. The molecule has 1 aliphatic heterocycles. The van der Waals surface area contributed by atoms with E-state index in [-0.39, 0.29) is 0 Å². The molecule has 1 fully saturated rings. The summed E-state index contributed by atoms with van der Waals surface area (Å²) < 4.78 is 39.4. The van der Waals surface area contributed by atoms with E-state index in [2.05, 4.69) is 10.6 Å². The maximum atomic E-state index is 13.2. The number of halogens is 3. The number of urea groups is 1. The van der Waals surface area contributed by atoms with Gasteiger partial charge in [0, 0.05) is 0 Å². The van der Waals surface area contributed by atoms with Gasteiger partial charge in [-0.2, -0.15) is 13.2 Å². The van der Waals surface area contributed by atoms with Crippen molar-refractivity contribution in [1.29, 1.82) is 0 Å². The first-order chi connectivity index (χ1) is 14.2. The molecule has 1 saturated heterocycles. The van der Waals surface area contributed by atoms with Crippen molar-refractivity contribution >= 4 is 23.5 Å². The summed E-state index contributed by atoms with van der Waals surface area (Å²) in [6.07, 6.45) is -2.80. The predicted octanol–water partition coefficient (Wildman–Crippen LogP) is 3.43. The molecular formula is C21H18F3N3O3. The van der Waals surface area contributed by atoms with Crippen LogP contribution in [0.1, 0.15) is 29.5 Å². The van der Waals surface area contributed by atoms with Crippen molar-refractivity contribution in [2.75, 3.05) is 11.9 Å². The van der Waals surface area contributed by atoms with E-state index in [1.54, 1.807) is 12.1 Å².